The fourth-order valence-corrected chi connectivity index (χ4v) is 2.65. The molecule has 15 heavy (non-hydrogen) atoms. The highest BCUT2D eigenvalue weighted by molar-refractivity contribution is 7.10. The van der Waals surface area contributed by atoms with Crippen molar-refractivity contribution in [2.45, 2.75) is 25.2 Å². The van der Waals surface area contributed by atoms with Gasteiger partial charge >= 0.3 is 5.97 Å². The van der Waals surface area contributed by atoms with E-state index in [0.717, 1.165) is 17.7 Å². The molecule has 1 heterocycles. The molecule has 78 valence electrons. The first-order chi connectivity index (χ1) is 7.23. The number of nitrogens with zero attached hydrogens (tertiary/aromatic N) is 1. The Balaban J connectivity index is 2.23. The summed E-state index contributed by atoms with van der Waals surface area (Å²) in [5.74, 6) is -0.136. The van der Waals surface area contributed by atoms with E-state index in [1.165, 1.54) is 11.3 Å². The predicted molar refractivity (Wildman–Crippen MR) is 58.1 cm³/mol. The molecule has 0 radical (unpaired) electrons. The molecule has 0 unspecified atom stereocenters. The quantitative estimate of drug-likeness (QED) is 0.580. The Hall–Kier alpha value is -1.34. The Labute approximate surface area is 92.5 Å². The molecule has 2 rings (SSSR count). The van der Waals surface area contributed by atoms with E-state index in [-0.39, 0.29) is 5.97 Å². The van der Waals surface area contributed by atoms with Gasteiger partial charge in [-0.2, -0.15) is 11.3 Å². The van der Waals surface area contributed by atoms with Gasteiger partial charge in [-0.25, -0.2) is 4.85 Å². The third kappa shape index (κ3) is 1.64. The lowest BCUT2D eigenvalue weighted by molar-refractivity contribution is -0.146. The Morgan fingerprint density at radius 1 is 1.73 bits per heavy atom. The molecule has 1 aromatic rings. The number of hydrogen-bond donors (Lipinski definition) is 0. The molecular formula is C11H11NO2S. The van der Waals surface area contributed by atoms with Crippen LogP contribution in [-0.4, -0.2) is 12.6 Å². The molecule has 0 N–H and O–H groups in total. The minimum Gasteiger partial charge on any atom is -0.465 e. The van der Waals surface area contributed by atoms with Crippen molar-refractivity contribution < 1.29 is 9.53 Å². The number of rotatable bonds is 3. The summed E-state index contributed by atoms with van der Waals surface area (Å²) in [6, 6.07) is 1.81. The van der Waals surface area contributed by atoms with Gasteiger partial charge < -0.3 is 4.74 Å². The molecule has 1 fully saturated rings. The predicted octanol–water partition coefficient (Wildman–Crippen LogP) is 2.89. The zero-order chi connectivity index (χ0) is 10.9. The summed E-state index contributed by atoms with van der Waals surface area (Å²) in [5.41, 5.74) is 0.203. The molecular weight excluding hydrogens is 210 g/mol. The summed E-state index contributed by atoms with van der Waals surface area (Å²) >= 11 is 1.48. The summed E-state index contributed by atoms with van der Waals surface area (Å²) in [6.07, 6.45) is 1.70. The Kier molecular flexibility index (Phi) is 2.49. The van der Waals surface area contributed by atoms with E-state index in [4.69, 9.17) is 11.3 Å². The summed E-state index contributed by atoms with van der Waals surface area (Å²) in [7, 11) is 0. The van der Waals surface area contributed by atoms with Gasteiger partial charge in [-0.3, -0.25) is 4.79 Å². The van der Waals surface area contributed by atoms with E-state index in [2.05, 4.69) is 4.85 Å². The Morgan fingerprint density at radius 3 is 2.93 bits per heavy atom. The van der Waals surface area contributed by atoms with Crippen LogP contribution in [0.3, 0.4) is 0 Å². The molecule has 0 spiro atoms. The number of thiophene rings is 1. The highest BCUT2D eigenvalue weighted by atomic mass is 32.1. The highest BCUT2D eigenvalue weighted by Crippen LogP contribution is 2.52. The normalized spacial score (nSPS) is 16.8. The van der Waals surface area contributed by atoms with Crippen LogP contribution >= 0.6 is 11.3 Å². The zero-order valence-corrected chi connectivity index (χ0v) is 9.26. The molecule has 4 heteroatoms. The van der Waals surface area contributed by atoms with Crippen molar-refractivity contribution in [2.75, 3.05) is 6.61 Å². The second kappa shape index (κ2) is 3.67. The maximum atomic E-state index is 11.7. The van der Waals surface area contributed by atoms with Crippen LogP contribution in [0.5, 0.6) is 0 Å². The second-order valence-electron chi connectivity index (χ2n) is 3.58. The van der Waals surface area contributed by atoms with Gasteiger partial charge in [0.05, 0.1) is 13.2 Å². The van der Waals surface area contributed by atoms with Gasteiger partial charge in [-0.1, -0.05) is 0 Å². The number of carbonyl (C=O) groups is 1. The molecule has 1 aliphatic carbocycles. The maximum Gasteiger partial charge on any atom is 0.317 e. The monoisotopic (exact) mass is 221 g/mol. The van der Waals surface area contributed by atoms with E-state index >= 15 is 0 Å². The third-order valence-corrected chi connectivity index (χ3v) is 3.72. The lowest BCUT2D eigenvalue weighted by Crippen LogP contribution is -2.21. The van der Waals surface area contributed by atoms with E-state index in [1.807, 2.05) is 13.0 Å². The smallest absolute Gasteiger partial charge is 0.317 e. The topological polar surface area (TPSA) is 30.7 Å². The van der Waals surface area contributed by atoms with Crippen LogP contribution in [0.1, 0.15) is 24.6 Å². The van der Waals surface area contributed by atoms with Crippen LogP contribution in [0.25, 0.3) is 4.85 Å². The van der Waals surface area contributed by atoms with Crippen molar-refractivity contribution in [3.05, 3.63) is 27.7 Å². The fourth-order valence-electron chi connectivity index (χ4n) is 1.58. The molecule has 0 atom stereocenters. The summed E-state index contributed by atoms with van der Waals surface area (Å²) in [5, 5.41) is 1.79. The number of esters is 1. The molecule has 3 nitrogen and oxygen atoms in total. The minimum absolute atomic E-state index is 0.136. The maximum absolute atomic E-state index is 11.7. The Morgan fingerprint density at radius 2 is 2.47 bits per heavy atom. The van der Waals surface area contributed by atoms with Crippen LogP contribution in [0.2, 0.25) is 0 Å². The number of ether oxygens (including phenoxy) is 1. The van der Waals surface area contributed by atoms with Gasteiger partial charge in [-0.05, 0) is 31.2 Å². The first kappa shape index (κ1) is 10.2. The fraction of sp³-hybridized carbons (Fsp3) is 0.455. The zero-order valence-electron chi connectivity index (χ0n) is 8.45. The molecule has 0 amide bonds. The van der Waals surface area contributed by atoms with E-state index < -0.39 is 5.41 Å². The van der Waals surface area contributed by atoms with Gasteiger partial charge in [0, 0.05) is 4.88 Å². The molecule has 1 aliphatic rings. The van der Waals surface area contributed by atoms with E-state index in [0.29, 0.717) is 12.3 Å². The van der Waals surface area contributed by atoms with E-state index in [1.54, 1.807) is 5.38 Å². The van der Waals surface area contributed by atoms with Crippen molar-refractivity contribution in [3.8, 4) is 0 Å². The van der Waals surface area contributed by atoms with Gasteiger partial charge in [0.15, 0.2) is 5.69 Å². The average Bonchev–Trinajstić information content (AvgIpc) is 2.91. The van der Waals surface area contributed by atoms with Gasteiger partial charge in [0.2, 0.25) is 0 Å². The summed E-state index contributed by atoms with van der Waals surface area (Å²) in [4.78, 5) is 16.1. The van der Waals surface area contributed by atoms with Crippen molar-refractivity contribution in [3.63, 3.8) is 0 Å². The lowest BCUT2D eigenvalue weighted by Gasteiger charge is -2.11. The third-order valence-electron chi connectivity index (χ3n) is 2.60. The first-order valence-corrected chi connectivity index (χ1v) is 5.74. The van der Waals surface area contributed by atoms with Gasteiger partial charge in [0.25, 0.3) is 0 Å². The van der Waals surface area contributed by atoms with Crippen LogP contribution in [0.4, 0.5) is 5.69 Å². The molecule has 0 aromatic carbocycles. The Bertz CT molecular complexity index is 426. The van der Waals surface area contributed by atoms with Crippen LogP contribution < -0.4 is 0 Å². The van der Waals surface area contributed by atoms with Crippen molar-refractivity contribution in [2.24, 2.45) is 0 Å². The van der Waals surface area contributed by atoms with Crippen molar-refractivity contribution in [1.82, 2.24) is 0 Å². The summed E-state index contributed by atoms with van der Waals surface area (Å²) in [6.45, 7) is 9.12. The van der Waals surface area contributed by atoms with Crippen molar-refractivity contribution in [1.29, 1.82) is 0 Å². The largest absolute Gasteiger partial charge is 0.465 e. The van der Waals surface area contributed by atoms with Gasteiger partial charge in [0.1, 0.15) is 5.41 Å². The average molecular weight is 221 g/mol. The molecule has 0 saturated heterocycles. The summed E-state index contributed by atoms with van der Waals surface area (Å²) < 4.78 is 5.06. The first-order valence-electron chi connectivity index (χ1n) is 4.86. The number of hydrogen-bond acceptors (Lipinski definition) is 3. The number of carbonyl (C=O) groups excluding carboxylic acids is 1. The highest BCUT2D eigenvalue weighted by Gasteiger charge is 2.53. The van der Waals surface area contributed by atoms with Gasteiger partial charge in [-0.15, -0.1) is 0 Å². The SMILES string of the molecule is [C-]#[N+]c1csc(C2(C(=O)OCC)CC2)c1. The van der Waals surface area contributed by atoms with Crippen LogP contribution in [-0.2, 0) is 14.9 Å². The van der Waals surface area contributed by atoms with E-state index in [9.17, 15) is 4.79 Å². The molecule has 1 aromatic heterocycles. The van der Waals surface area contributed by atoms with Crippen molar-refractivity contribution >= 4 is 23.0 Å². The minimum atomic E-state index is -0.413. The molecule has 0 aliphatic heterocycles. The van der Waals surface area contributed by atoms with Crippen LogP contribution in [0, 0.1) is 6.57 Å². The molecule has 1 saturated carbocycles. The lowest BCUT2D eigenvalue weighted by atomic mass is 10.1. The molecule has 0 bridgehead atoms. The second-order valence-corrected chi connectivity index (χ2v) is 4.49. The van der Waals surface area contributed by atoms with Crippen LogP contribution in [0.15, 0.2) is 11.4 Å². The standard InChI is InChI=1S/C11H11NO2S/c1-3-14-10(13)11(4-5-11)9-6-8(12-2)7-15-9/h6-7H,3-5H2,1H3.